The molecular weight excluding hydrogens is 479 g/mol. The lowest BCUT2D eigenvalue weighted by Gasteiger charge is -2.35. The second-order valence-electron chi connectivity index (χ2n) is 10.7. The molecule has 6 rings (SSSR count). The zero-order valence-corrected chi connectivity index (χ0v) is 21.6. The molecule has 1 aliphatic heterocycles. The number of carbonyl (C=O) groups excluding carboxylic acids is 1. The van der Waals surface area contributed by atoms with Crippen LogP contribution >= 0.6 is 0 Å². The van der Waals surface area contributed by atoms with Crippen molar-refractivity contribution in [2.45, 2.75) is 44.3 Å². The van der Waals surface area contributed by atoms with Crippen LogP contribution < -0.4 is 10.9 Å². The molecule has 4 aromatic rings. The largest absolute Gasteiger partial charge is 0.343 e. The number of piperidine rings is 1. The van der Waals surface area contributed by atoms with Crippen LogP contribution in [0.1, 0.15) is 41.9 Å². The first-order chi connectivity index (χ1) is 18.5. The molecule has 1 aliphatic carbocycles. The van der Waals surface area contributed by atoms with Crippen LogP contribution in [-0.4, -0.2) is 39.1 Å². The molecule has 196 valence electrons. The summed E-state index contributed by atoms with van der Waals surface area (Å²) in [6.45, 7) is 2.40. The van der Waals surface area contributed by atoms with Gasteiger partial charge in [-0.25, -0.2) is 4.39 Å². The van der Waals surface area contributed by atoms with E-state index in [1.54, 1.807) is 29.9 Å². The fourth-order valence-electron chi connectivity index (χ4n) is 5.90. The Hall–Kier alpha value is -3.71. The van der Waals surface area contributed by atoms with E-state index in [0.717, 1.165) is 48.0 Å². The van der Waals surface area contributed by atoms with Gasteiger partial charge in [0.2, 0.25) is 5.91 Å². The van der Waals surface area contributed by atoms with Crippen molar-refractivity contribution >= 4 is 16.8 Å². The monoisotopic (exact) mass is 512 g/mol. The number of carbonyl (C=O) groups is 1. The molecular formula is C31H33FN4O2. The number of aromatic nitrogens is 2. The lowest BCUT2D eigenvalue weighted by atomic mass is 9.80. The number of hydrogen-bond donors (Lipinski definition) is 1. The van der Waals surface area contributed by atoms with Gasteiger partial charge in [-0.2, -0.15) is 0 Å². The van der Waals surface area contributed by atoms with Crippen LogP contribution in [0.2, 0.25) is 0 Å². The summed E-state index contributed by atoms with van der Waals surface area (Å²) in [5.74, 6) is -0.454. The van der Waals surface area contributed by atoms with Crippen LogP contribution in [0, 0.1) is 11.7 Å². The van der Waals surface area contributed by atoms with Gasteiger partial charge in [0.25, 0.3) is 5.56 Å². The van der Waals surface area contributed by atoms with Gasteiger partial charge in [0.05, 0.1) is 11.4 Å². The smallest absolute Gasteiger partial charge is 0.250 e. The molecule has 0 spiro atoms. The SMILES string of the molecule is Cn1ccc([C@H]2CCNCC2C(=O)N(Cc2cn(Cc3ccccc3)c3cccc(F)c23)C2CC2)cc1=O. The topological polar surface area (TPSA) is 59.3 Å². The van der Waals surface area contributed by atoms with Crippen LogP contribution in [0.25, 0.3) is 10.9 Å². The molecule has 6 nitrogen and oxygen atoms in total. The fourth-order valence-corrected chi connectivity index (χ4v) is 5.90. The van der Waals surface area contributed by atoms with Crippen molar-refractivity contribution in [1.29, 1.82) is 0 Å². The summed E-state index contributed by atoms with van der Waals surface area (Å²) >= 11 is 0. The molecule has 3 heterocycles. The predicted octanol–water partition coefficient (Wildman–Crippen LogP) is 4.41. The van der Waals surface area contributed by atoms with E-state index in [9.17, 15) is 9.59 Å². The third-order valence-electron chi connectivity index (χ3n) is 8.10. The number of benzene rings is 2. The Labute approximate surface area is 221 Å². The molecule has 2 aromatic carbocycles. The molecule has 0 radical (unpaired) electrons. The summed E-state index contributed by atoms with van der Waals surface area (Å²) in [5.41, 5.74) is 3.68. The summed E-state index contributed by atoms with van der Waals surface area (Å²) in [6.07, 6.45) is 6.53. The Balaban J connectivity index is 1.33. The van der Waals surface area contributed by atoms with Gasteiger partial charge < -0.3 is 19.4 Å². The van der Waals surface area contributed by atoms with E-state index in [1.807, 2.05) is 41.4 Å². The van der Waals surface area contributed by atoms with Crippen molar-refractivity contribution in [3.05, 3.63) is 106 Å². The first-order valence-corrected chi connectivity index (χ1v) is 13.5. The molecule has 1 saturated heterocycles. The van der Waals surface area contributed by atoms with E-state index < -0.39 is 0 Å². The maximum atomic E-state index is 15.2. The number of rotatable bonds is 7. The van der Waals surface area contributed by atoms with Gasteiger partial charge in [-0.05, 0) is 66.6 Å². The van der Waals surface area contributed by atoms with Crippen LogP contribution in [-0.2, 0) is 24.9 Å². The predicted molar refractivity (Wildman–Crippen MR) is 146 cm³/mol. The molecule has 1 saturated carbocycles. The molecule has 0 bridgehead atoms. The lowest BCUT2D eigenvalue weighted by molar-refractivity contribution is -0.138. The second-order valence-corrected chi connectivity index (χ2v) is 10.7. The number of nitrogens with one attached hydrogen (secondary N) is 1. The Bertz CT molecular complexity index is 1520. The number of fused-ring (bicyclic) bond motifs is 1. The number of amides is 1. The van der Waals surface area contributed by atoms with Crippen molar-refractivity contribution in [1.82, 2.24) is 19.4 Å². The first-order valence-electron chi connectivity index (χ1n) is 13.5. The van der Waals surface area contributed by atoms with Gasteiger partial charge in [0.15, 0.2) is 0 Å². The molecule has 2 aromatic heterocycles. The molecule has 1 amide bonds. The molecule has 2 fully saturated rings. The molecule has 1 N–H and O–H groups in total. The van der Waals surface area contributed by atoms with Crippen molar-refractivity contribution < 1.29 is 9.18 Å². The Morgan fingerprint density at radius 3 is 2.66 bits per heavy atom. The van der Waals surface area contributed by atoms with Gasteiger partial charge in [-0.3, -0.25) is 9.59 Å². The summed E-state index contributed by atoms with van der Waals surface area (Å²) in [6, 6.07) is 19.1. The lowest BCUT2D eigenvalue weighted by Crippen LogP contribution is -2.47. The number of nitrogens with zero attached hydrogens (tertiary/aromatic N) is 3. The molecule has 38 heavy (non-hydrogen) atoms. The van der Waals surface area contributed by atoms with Gasteiger partial charge in [-0.15, -0.1) is 0 Å². The Kier molecular flexibility index (Phi) is 6.62. The Morgan fingerprint density at radius 2 is 1.89 bits per heavy atom. The van der Waals surface area contributed by atoms with Crippen molar-refractivity contribution in [3.63, 3.8) is 0 Å². The number of pyridine rings is 1. The quantitative estimate of drug-likeness (QED) is 0.399. The minimum absolute atomic E-state index is 0.0185. The molecule has 7 heteroatoms. The maximum Gasteiger partial charge on any atom is 0.250 e. The van der Waals surface area contributed by atoms with Crippen LogP contribution in [0.4, 0.5) is 4.39 Å². The number of hydrogen-bond acceptors (Lipinski definition) is 3. The normalized spacial score (nSPS) is 19.5. The fraction of sp³-hybridized carbons (Fsp3) is 0.355. The highest BCUT2D eigenvalue weighted by Gasteiger charge is 2.40. The summed E-state index contributed by atoms with van der Waals surface area (Å²) in [7, 11) is 1.74. The zero-order chi connectivity index (χ0) is 26.2. The summed E-state index contributed by atoms with van der Waals surface area (Å²) in [4.78, 5) is 28.5. The minimum Gasteiger partial charge on any atom is -0.343 e. The third-order valence-corrected chi connectivity index (χ3v) is 8.10. The van der Waals surface area contributed by atoms with Crippen LogP contribution in [0.3, 0.4) is 0 Å². The van der Waals surface area contributed by atoms with Gasteiger partial charge in [-0.1, -0.05) is 36.4 Å². The minimum atomic E-state index is -0.265. The van der Waals surface area contributed by atoms with Crippen molar-refractivity contribution in [3.8, 4) is 0 Å². The molecule has 2 aliphatic rings. The van der Waals surface area contributed by atoms with Gasteiger partial charge in [0, 0.05) is 56.6 Å². The van der Waals surface area contributed by atoms with Crippen molar-refractivity contribution in [2.75, 3.05) is 13.1 Å². The zero-order valence-electron chi connectivity index (χ0n) is 21.6. The van der Waals surface area contributed by atoms with E-state index >= 15 is 4.39 Å². The molecule has 2 atom stereocenters. The Morgan fingerprint density at radius 1 is 1.08 bits per heavy atom. The summed E-state index contributed by atoms with van der Waals surface area (Å²) < 4.78 is 18.9. The second kappa shape index (κ2) is 10.2. The maximum absolute atomic E-state index is 15.2. The van der Waals surface area contributed by atoms with E-state index in [4.69, 9.17) is 0 Å². The highest BCUT2D eigenvalue weighted by atomic mass is 19.1. The number of aryl methyl sites for hydroxylation is 1. The summed E-state index contributed by atoms with van der Waals surface area (Å²) in [5, 5.41) is 3.98. The third kappa shape index (κ3) is 4.78. The van der Waals surface area contributed by atoms with Crippen molar-refractivity contribution in [2.24, 2.45) is 13.0 Å². The average molecular weight is 513 g/mol. The highest BCUT2D eigenvalue weighted by Crippen LogP contribution is 2.37. The van der Waals surface area contributed by atoms with Crippen LogP contribution in [0.15, 0.2) is 77.9 Å². The highest BCUT2D eigenvalue weighted by molar-refractivity contribution is 5.86. The van der Waals surface area contributed by atoms with Crippen LogP contribution in [0.5, 0.6) is 0 Å². The average Bonchev–Trinajstić information content (AvgIpc) is 3.72. The van der Waals surface area contributed by atoms with Gasteiger partial charge in [0.1, 0.15) is 5.82 Å². The van der Waals surface area contributed by atoms with E-state index in [0.29, 0.717) is 25.0 Å². The van der Waals surface area contributed by atoms with E-state index in [-0.39, 0.29) is 35.2 Å². The number of halogens is 1. The standard InChI is InChI=1S/C31H33FN4O2/c1-34-15-13-22(16-29(34)37)25-12-14-33-17-26(25)31(38)36(24-10-11-24)20-23-19-35(18-21-6-3-2-4-7-21)28-9-5-8-27(32)30(23)28/h2-9,13,15-16,19,24-26,33H,10-12,14,17-18,20H2,1H3/t25-,26?/m1/s1. The molecule has 1 unspecified atom stereocenters. The van der Waals surface area contributed by atoms with Gasteiger partial charge >= 0.3 is 0 Å². The first kappa shape index (κ1) is 24.6. The van der Waals surface area contributed by atoms with E-state index in [1.165, 1.54) is 6.07 Å². The van der Waals surface area contributed by atoms with E-state index in [2.05, 4.69) is 22.0 Å².